The van der Waals surface area contributed by atoms with Gasteiger partial charge < -0.3 is 9.86 Å². The molecule has 2 aromatic rings. The van der Waals surface area contributed by atoms with E-state index >= 15 is 0 Å². The van der Waals surface area contributed by atoms with Crippen LogP contribution >= 0.6 is 0 Å². The molecule has 25 heavy (non-hydrogen) atoms. The van der Waals surface area contributed by atoms with Crippen molar-refractivity contribution in [3.8, 4) is 5.75 Å². The number of nitrogens with zero attached hydrogens (tertiary/aromatic N) is 2. The Kier molecular flexibility index (Phi) is 4.00. The first-order valence-corrected chi connectivity index (χ1v) is 10.0. The van der Waals surface area contributed by atoms with Crippen LogP contribution in [-0.4, -0.2) is 42.6 Å². The Morgan fingerprint density at radius 3 is 3.04 bits per heavy atom. The lowest BCUT2D eigenvalue weighted by Gasteiger charge is -2.35. The normalized spacial score (nSPS) is 22.1. The van der Waals surface area contributed by atoms with Crippen molar-refractivity contribution in [2.24, 2.45) is 0 Å². The largest absolute Gasteiger partial charge is 0.557 e. The summed E-state index contributed by atoms with van der Waals surface area (Å²) in [6.45, 7) is 1.85. The third-order valence-corrected chi connectivity index (χ3v) is 6.40. The van der Waals surface area contributed by atoms with Crippen LogP contribution in [0.25, 0.3) is 17.1 Å². The van der Waals surface area contributed by atoms with E-state index in [1.165, 1.54) is 0 Å². The van der Waals surface area contributed by atoms with Gasteiger partial charge in [-0.25, -0.2) is 18.1 Å². The molecule has 7 nitrogen and oxygen atoms in total. The summed E-state index contributed by atoms with van der Waals surface area (Å²) in [4.78, 5) is 4.28. The van der Waals surface area contributed by atoms with Crippen molar-refractivity contribution in [2.45, 2.75) is 38.1 Å². The van der Waals surface area contributed by atoms with Crippen LogP contribution in [0.2, 0.25) is 0 Å². The zero-order valence-corrected chi connectivity index (χ0v) is 14.7. The number of hydrogen-bond acceptors (Lipinski definition) is 5. The Morgan fingerprint density at radius 1 is 1.48 bits per heavy atom. The first-order chi connectivity index (χ1) is 12.0. The lowest BCUT2D eigenvalue weighted by molar-refractivity contribution is 0.196. The predicted octanol–water partition coefficient (Wildman–Crippen LogP) is 1.83. The Labute approximate surface area is 147 Å². The van der Waals surface area contributed by atoms with Gasteiger partial charge in [-0.3, -0.25) is 0 Å². The van der Waals surface area contributed by atoms with E-state index in [1.807, 2.05) is 19.0 Å². The lowest BCUT2D eigenvalue weighted by atomic mass is 9.76. The number of rotatable bonds is 5. The van der Waals surface area contributed by atoms with E-state index < -0.39 is 10.0 Å². The van der Waals surface area contributed by atoms with Gasteiger partial charge in [0.25, 0.3) is 0 Å². The molecule has 3 heterocycles. The average molecular weight is 360 g/mol. The highest BCUT2D eigenvalue weighted by atomic mass is 32.2. The van der Waals surface area contributed by atoms with Crippen molar-refractivity contribution in [3.05, 3.63) is 29.5 Å². The molecule has 0 aromatic carbocycles. The van der Waals surface area contributed by atoms with Gasteiger partial charge in [-0.2, -0.15) is 4.73 Å². The summed E-state index contributed by atoms with van der Waals surface area (Å²) in [5.41, 5.74) is 2.35. The number of fused-ring (bicyclic) bond motifs is 3. The molecule has 0 atom stereocenters. The Hall–Kier alpha value is -2.00. The van der Waals surface area contributed by atoms with Crippen LogP contribution in [0.3, 0.4) is 0 Å². The second-order valence-electron chi connectivity index (χ2n) is 6.58. The third kappa shape index (κ3) is 2.91. The van der Waals surface area contributed by atoms with Crippen LogP contribution in [0.4, 0.5) is 0 Å². The monoisotopic (exact) mass is 360 g/mol. The third-order valence-electron chi connectivity index (χ3n) is 4.76. The predicted molar refractivity (Wildman–Crippen MR) is 95.3 cm³/mol. The molecular formula is C16H19BN3O4S. The summed E-state index contributed by atoms with van der Waals surface area (Å²) in [5.74, 6) is 2.79. The molecule has 1 aliphatic heterocycles. The number of aromatic nitrogens is 2. The van der Waals surface area contributed by atoms with Crippen molar-refractivity contribution in [1.82, 2.24) is 14.4 Å². The van der Waals surface area contributed by atoms with Crippen molar-refractivity contribution in [1.29, 1.82) is 0 Å². The molecule has 1 fully saturated rings. The van der Waals surface area contributed by atoms with Crippen molar-refractivity contribution in [2.75, 3.05) is 5.75 Å². The highest BCUT2D eigenvalue weighted by molar-refractivity contribution is 7.89. The van der Waals surface area contributed by atoms with Crippen LogP contribution in [0.5, 0.6) is 5.75 Å². The summed E-state index contributed by atoms with van der Waals surface area (Å²) >= 11 is 0. The summed E-state index contributed by atoms with van der Waals surface area (Å²) in [7, 11) is -1.61. The molecule has 2 N–H and O–H groups in total. The average Bonchev–Trinajstić information content (AvgIpc) is 2.87. The fourth-order valence-electron chi connectivity index (χ4n) is 3.58. The van der Waals surface area contributed by atoms with E-state index in [-0.39, 0.29) is 17.7 Å². The quantitative estimate of drug-likeness (QED) is 0.627. The van der Waals surface area contributed by atoms with Crippen LogP contribution < -0.4 is 9.38 Å². The summed E-state index contributed by atoms with van der Waals surface area (Å²) in [6.07, 6.45) is 7.23. The molecule has 0 saturated heterocycles. The first kappa shape index (κ1) is 16.5. The molecule has 9 heteroatoms. The Morgan fingerprint density at radius 2 is 2.28 bits per heavy atom. The number of nitrogens with one attached hydrogen (secondary N) is 1. The van der Waals surface area contributed by atoms with E-state index in [0.29, 0.717) is 30.7 Å². The maximum atomic E-state index is 11.9. The Bertz CT molecular complexity index is 948. The summed E-state index contributed by atoms with van der Waals surface area (Å²) < 4.78 is 33.1. The van der Waals surface area contributed by atoms with E-state index in [0.717, 1.165) is 21.2 Å². The minimum Gasteiger partial charge on any atom is -0.557 e. The highest BCUT2D eigenvalue weighted by Gasteiger charge is 2.35. The zero-order chi connectivity index (χ0) is 17.6. The van der Waals surface area contributed by atoms with Gasteiger partial charge in [-0.1, -0.05) is 19.0 Å². The zero-order valence-electron chi connectivity index (χ0n) is 13.8. The van der Waals surface area contributed by atoms with Crippen molar-refractivity contribution >= 4 is 34.6 Å². The van der Waals surface area contributed by atoms with Crippen LogP contribution in [-0.2, 0) is 10.0 Å². The fraction of sp³-hybridized carbons (Fsp3) is 0.438. The second kappa shape index (κ2) is 6.07. The topological polar surface area (TPSA) is 93.5 Å². The van der Waals surface area contributed by atoms with Gasteiger partial charge in [-0.05, 0) is 30.7 Å². The molecule has 0 amide bonds. The Balaban J connectivity index is 1.61. The standard InChI is InChI=1S/C16H19BN3O4S/c1-2-5-25(22,23)19-11-6-10(7-11)13-9-20(21)16-15(13)12-3-4-17-24-14(12)8-18-16/h3-4,8-11,19,21H,2,5-7H2,1H3. The maximum absolute atomic E-state index is 11.9. The summed E-state index contributed by atoms with van der Waals surface area (Å²) in [6, 6.07) is -0.0498. The molecular weight excluding hydrogens is 341 g/mol. The van der Waals surface area contributed by atoms with Gasteiger partial charge in [0.05, 0.1) is 11.9 Å². The minimum absolute atomic E-state index is 0.0498. The van der Waals surface area contributed by atoms with E-state index in [2.05, 4.69) is 9.71 Å². The van der Waals surface area contributed by atoms with Crippen LogP contribution in [0, 0.1) is 0 Å². The van der Waals surface area contributed by atoms with Crippen molar-refractivity contribution in [3.63, 3.8) is 0 Å². The van der Waals surface area contributed by atoms with Gasteiger partial charge in [0.1, 0.15) is 5.75 Å². The van der Waals surface area contributed by atoms with Gasteiger partial charge in [0, 0.05) is 23.2 Å². The fourth-order valence-corrected chi connectivity index (χ4v) is 4.94. The maximum Gasteiger partial charge on any atom is 0.401 e. The smallest absolute Gasteiger partial charge is 0.401 e. The first-order valence-electron chi connectivity index (χ1n) is 8.38. The molecule has 0 unspecified atom stereocenters. The van der Waals surface area contributed by atoms with Gasteiger partial charge in [-0.15, -0.1) is 0 Å². The van der Waals surface area contributed by atoms with Crippen molar-refractivity contribution < 1.29 is 18.3 Å². The molecule has 4 rings (SSSR count). The molecule has 2 aliphatic rings. The SMILES string of the molecule is CCCS(=O)(=O)NC1CC(c2cn(O)c3ncc4c(c23)C=C[B]O4)C1. The van der Waals surface area contributed by atoms with E-state index in [1.54, 1.807) is 19.9 Å². The molecule has 1 saturated carbocycles. The van der Waals surface area contributed by atoms with E-state index in [4.69, 9.17) is 4.65 Å². The molecule has 131 valence electrons. The summed E-state index contributed by atoms with van der Waals surface area (Å²) in [5, 5.41) is 11.0. The number of hydrogen-bond donors (Lipinski definition) is 2. The van der Waals surface area contributed by atoms with Crippen LogP contribution in [0.1, 0.15) is 43.2 Å². The molecule has 1 radical (unpaired) electrons. The molecule has 0 bridgehead atoms. The second-order valence-corrected chi connectivity index (χ2v) is 8.45. The van der Waals surface area contributed by atoms with Gasteiger partial charge in [0.15, 0.2) is 5.65 Å². The van der Waals surface area contributed by atoms with Gasteiger partial charge in [0.2, 0.25) is 10.0 Å². The lowest BCUT2D eigenvalue weighted by Crippen LogP contribution is -2.44. The number of sulfonamides is 1. The molecule has 0 spiro atoms. The van der Waals surface area contributed by atoms with E-state index in [9.17, 15) is 13.6 Å². The number of pyridine rings is 1. The highest BCUT2D eigenvalue weighted by Crippen LogP contribution is 2.43. The minimum atomic E-state index is -3.20. The van der Waals surface area contributed by atoms with Gasteiger partial charge >= 0.3 is 7.48 Å². The van der Waals surface area contributed by atoms with Crippen LogP contribution in [0.15, 0.2) is 18.4 Å². The molecule has 1 aliphatic carbocycles. The molecule has 2 aromatic heterocycles.